The van der Waals surface area contributed by atoms with Gasteiger partial charge < -0.3 is 9.84 Å². The molecule has 0 heterocycles. The van der Waals surface area contributed by atoms with E-state index >= 15 is 0 Å². The smallest absolute Gasteiger partial charge is 0.129 e. The number of ether oxygens (including phenoxy) is 1. The first kappa shape index (κ1) is 15.8. The first-order chi connectivity index (χ1) is 8.65. The Labute approximate surface area is 117 Å². The monoisotopic (exact) mass is 276 g/mol. The summed E-state index contributed by atoms with van der Waals surface area (Å²) < 4.78 is 5.12. The van der Waals surface area contributed by atoms with Crippen LogP contribution in [0.25, 0.3) is 0 Å². The number of aliphatic hydroxyl groups excluding tert-OH is 1. The average molecular weight is 276 g/mol. The molecule has 0 saturated heterocycles. The normalized spacial score (nSPS) is 13.4. The zero-order valence-corrected chi connectivity index (χ0v) is 13.7. The molecule has 0 spiro atoms. The molecule has 0 aliphatic rings. The van der Waals surface area contributed by atoms with E-state index in [0.29, 0.717) is 0 Å². The fourth-order valence-electron chi connectivity index (χ4n) is 1.62. The quantitative estimate of drug-likeness (QED) is 0.675. The number of hydrogen-bond acceptors (Lipinski definition) is 2. The van der Waals surface area contributed by atoms with Crippen molar-refractivity contribution in [1.29, 1.82) is 0 Å². The van der Waals surface area contributed by atoms with Gasteiger partial charge in [0.2, 0.25) is 0 Å². The minimum atomic E-state index is -1.42. The van der Waals surface area contributed by atoms with Gasteiger partial charge in [-0.25, -0.2) is 0 Å². The maximum absolute atomic E-state index is 10.5. The van der Waals surface area contributed by atoms with Crippen LogP contribution >= 0.6 is 0 Å². The summed E-state index contributed by atoms with van der Waals surface area (Å²) >= 11 is 0. The van der Waals surface area contributed by atoms with Crippen LogP contribution in [0.3, 0.4) is 0 Å². The SMILES string of the molecule is COc1ccc([C@@H](O)C(C)(C)C#C[Si](C)(C)C)cc1. The average Bonchev–Trinajstić information content (AvgIpc) is 2.35. The maximum Gasteiger partial charge on any atom is 0.129 e. The molecule has 104 valence electrons. The fraction of sp³-hybridized carbons (Fsp3) is 0.500. The summed E-state index contributed by atoms with van der Waals surface area (Å²) in [5.74, 6) is 4.05. The van der Waals surface area contributed by atoms with E-state index < -0.39 is 19.6 Å². The topological polar surface area (TPSA) is 29.5 Å². The van der Waals surface area contributed by atoms with Crippen molar-refractivity contribution in [2.24, 2.45) is 5.41 Å². The Bertz CT molecular complexity index is 472. The summed E-state index contributed by atoms with van der Waals surface area (Å²) in [6, 6.07) is 7.50. The number of rotatable bonds is 3. The van der Waals surface area contributed by atoms with Crippen molar-refractivity contribution in [1.82, 2.24) is 0 Å². The van der Waals surface area contributed by atoms with Gasteiger partial charge in [-0.15, -0.1) is 11.5 Å². The minimum absolute atomic E-state index is 0.450. The second kappa shape index (κ2) is 5.81. The van der Waals surface area contributed by atoms with Gasteiger partial charge in [0.05, 0.1) is 18.6 Å². The molecule has 3 heteroatoms. The Balaban J connectivity index is 2.95. The largest absolute Gasteiger partial charge is 0.497 e. The summed E-state index contributed by atoms with van der Waals surface area (Å²) in [5, 5.41) is 10.5. The van der Waals surface area contributed by atoms with E-state index in [9.17, 15) is 5.11 Å². The Morgan fingerprint density at radius 3 is 2.11 bits per heavy atom. The second-order valence-electron chi connectivity index (χ2n) is 6.40. The fourth-order valence-corrected chi connectivity index (χ4v) is 2.32. The summed E-state index contributed by atoms with van der Waals surface area (Å²) in [6.07, 6.45) is -0.595. The van der Waals surface area contributed by atoms with Gasteiger partial charge in [0.25, 0.3) is 0 Å². The highest BCUT2D eigenvalue weighted by Gasteiger charge is 2.27. The molecule has 0 amide bonds. The van der Waals surface area contributed by atoms with E-state index in [2.05, 4.69) is 31.1 Å². The van der Waals surface area contributed by atoms with Crippen molar-refractivity contribution in [2.45, 2.75) is 39.6 Å². The molecule has 0 aliphatic heterocycles. The second-order valence-corrected chi connectivity index (χ2v) is 11.1. The number of aliphatic hydroxyl groups is 1. The molecule has 2 nitrogen and oxygen atoms in total. The van der Waals surface area contributed by atoms with Gasteiger partial charge in [-0.2, -0.15) is 0 Å². The molecule has 1 aromatic carbocycles. The highest BCUT2D eigenvalue weighted by atomic mass is 28.3. The van der Waals surface area contributed by atoms with Crippen LogP contribution < -0.4 is 4.74 Å². The molecule has 0 aromatic heterocycles. The molecule has 1 rings (SSSR count). The van der Waals surface area contributed by atoms with Crippen LogP contribution in [0, 0.1) is 16.9 Å². The number of benzene rings is 1. The van der Waals surface area contributed by atoms with E-state index in [1.807, 2.05) is 38.1 Å². The van der Waals surface area contributed by atoms with Crippen LogP contribution in [0.5, 0.6) is 5.75 Å². The van der Waals surface area contributed by atoms with Crippen LogP contribution in [0.2, 0.25) is 19.6 Å². The van der Waals surface area contributed by atoms with Gasteiger partial charge in [0.15, 0.2) is 0 Å². The molecule has 0 aliphatic carbocycles. The van der Waals surface area contributed by atoms with E-state index in [0.717, 1.165) is 11.3 Å². The van der Waals surface area contributed by atoms with Crippen molar-refractivity contribution in [3.05, 3.63) is 29.8 Å². The van der Waals surface area contributed by atoms with E-state index in [-0.39, 0.29) is 0 Å². The number of methoxy groups -OCH3 is 1. The molecule has 19 heavy (non-hydrogen) atoms. The van der Waals surface area contributed by atoms with Gasteiger partial charge in [0, 0.05) is 0 Å². The zero-order chi connectivity index (χ0) is 14.7. The summed E-state index contributed by atoms with van der Waals surface area (Å²) in [5.41, 5.74) is 3.76. The van der Waals surface area contributed by atoms with E-state index in [4.69, 9.17) is 4.74 Å². The van der Waals surface area contributed by atoms with Crippen LogP contribution in [0.15, 0.2) is 24.3 Å². The van der Waals surface area contributed by atoms with Crippen molar-refractivity contribution in [2.75, 3.05) is 7.11 Å². The van der Waals surface area contributed by atoms with Crippen molar-refractivity contribution in [3.63, 3.8) is 0 Å². The van der Waals surface area contributed by atoms with Gasteiger partial charge in [-0.1, -0.05) is 31.8 Å². The van der Waals surface area contributed by atoms with Crippen molar-refractivity contribution < 1.29 is 9.84 Å². The van der Waals surface area contributed by atoms with Crippen LogP contribution in [0.4, 0.5) is 0 Å². The predicted molar refractivity (Wildman–Crippen MR) is 82.9 cm³/mol. The van der Waals surface area contributed by atoms with Crippen molar-refractivity contribution >= 4 is 8.07 Å². The Morgan fingerprint density at radius 2 is 1.68 bits per heavy atom. The molecule has 1 N–H and O–H groups in total. The summed E-state index contributed by atoms with van der Waals surface area (Å²) in [4.78, 5) is 0. The van der Waals surface area contributed by atoms with Gasteiger partial charge >= 0.3 is 0 Å². The molecular weight excluding hydrogens is 252 g/mol. The molecule has 0 radical (unpaired) electrons. The Hall–Kier alpha value is -1.24. The van der Waals surface area contributed by atoms with Crippen LogP contribution in [-0.2, 0) is 0 Å². The van der Waals surface area contributed by atoms with Crippen LogP contribution in [-0.4, -0.2) is 20.3 Å². The zero-order valence-electron chi connectivity index (χ0n) is 12.7. The van der Waals surface area contributed by atoms with E-state index in [1.54, 1.807) is 7.11 Å². The highest BCUT2D eigenvalue weighted by Crippen LogP contribution is 2.33. The molecule has 0 saturated carbocycles. The third-order valence-electron chi connectivity index (χ3n) is 2.87. The lowest BCUT2D eigenvalue weighted by Gasteiger charge is -2.26. The van der Waals surface area contributed by atoms with Gasteiger partial charge in [-0.05, 0) is 31.5 Å². The van der Waals surface area contributed by atoms with Gasteiger partial charge in [0.1, 0.15) is 13.8 Å². The van der Waals surface area contributed by atoms with Gasteiger partial charge in [-0.3, -0.25) is 0 Å². The molecule has 0 unspecified atom stereocenters. The molecule has 0 bridgehead atoms. The van der Waals surface area contributed by atoms with Crippen molar-refractivity contribution in [3.8, 4) is 17.2 Å². The predicted octanol–water partition coefficient (Wildman–Crippen LogP) is 3.64. The van der Waals surface area contributed by atoms with Crippen LogP contribution in [0.1, 0.15) is 25.5 Å². The lowest BCUT2D eigenvalue weighted by Crippen LogP contribution is -2.23. The lowest BCUT2D eigenvalue weighted by atomic mass is 9.83. The summed E-state index contributed by atoms with van der Waals surface area (Å²) in [6.45, 7) is 10.6. The summed E-state index contributed by atoms with van der Waals surface area (Å²) in [7, 11) is 0.213. The molecule has 0 fully saturated rings. The third-order valence-corrected chi connectivity index (χ3v) is 3.75. The Kier molecular flexibility index (Phi) is 4.84. The maximum atomic E-state index is 10.5. The highest BCUT2D eigenvalue weighted by molar-refractivity contribution is 6.83. The molecule has 1 atom stereocenters. The molecule has 1 aromatic rings. The standard InChI is InChI=1S/C16H24O2Si/c1-16(2,11-12-19(4,5)6)15(17)13-7-9-14(18-3)10-8-13/h7-10,15,17H,1-6H3/t15-/m1/s1. The lowest BCUT2D eigenvalue weighted by molar-refractivity contribution is 0.0881. The first-order valence-electron chi connectivity index (χ1n) is 6.52. The number of hydrogen-bond donors (Lipinski definition) is 1. The third kappa shape index (κ3) is 4.74. The Morgan fingerprint density at radius 1 is 1.16 bits per heavy atom. The minimum Gasteiger partial charge on any atom is -0.497 e. The first-order valence-corrected chi connectivity index (χ1v) is 10.0. The van der Waals surface area contributed by atoms with E-state index in [1.165, 1.54) is 0 Å². The molecular formula is C16H24O2Si.